The Morgan fingerprint density at radius 1 is 0.964 bits per heavy atom. The van der Waals surface area contributed by atoms with Gasteiger partial charge in [0.25, 0.3) is 0 Å². The van der Waals surface area contributed by atoms with E-state index < -0.39 is 0 Å². The second-order valence-corrected chi connectivity index (χ2v) is 22.2. The second kappa shape index (κ2) is 17.3. The summed E-state index contributed by atoms with van der Waals surface area (Å²) in [6.07, 6.45) is 4.90. The van der Waals surface area contributed by atoms with Crippen LogP contribution >= 0.6 is 86.1 Å². The van der Waals surface area contributed by atoms with Crippen LogP contribution in [0.5, 0.6) is 11.5 Å². The van der Waals surface area contributed by atoms with Gasteiger partial charge in [0.05, 0.1) is 13.2 Å². The number of alkyl halides is 1. The van der Waals surface area contributed by atoms with Crippen molar-refractivity contribution in [2.24, 2.45) is 0 Å². The molecule has 0 saturated heterocycles. The molecular weight excluding hydrogens is 942 g/mol. The predicted molar refractivity (Wildman–Crippen MR) is 152 cm³/mol. The molecule has 2 aromatic rings. The average molecular weight is 963 g/mol. The molecule has 0 saturated carbocycles. The van der Waals surface area contributed by atoms with Crippen LogP contribution in [0.15, 0.2) is 43.0 Å². The summed E-state index contributed by atoms with van der Waals surface area (Å²) < 4.78 is 10.8. The fraction of sp³-hybridized carbons (Fsp3) is 0.300. The standard InChI is InChI=1S/C10H11ClO.C10H10O.I3.I2/c11-6-4-8-2-1-3-10-9(8)5-7-12-10;1-2-8-4-3-5-10-9(8)6-7-11-10;1-3-2;1-2/h1-3H,4-7H2;2-5H,1,6-7H2;;/q;;-1;. The molecule has 2 aliphatic rings. The minimum atomic E-state index is 0.530. The molecule has 0 radical (unpaired) electrons. The summed E-state index contributed by atoms with van der Waals surface area (Å²) in [7, 11) is 0. The van der Waals surface area contributed by atoms with E-state index in [1.54, 1.807) is 0 Å². The van der Waals surface area contributed by atoms with E-state index in [1.807, 2.05) is 30.3 Å². The molecule has 28 heavy (non-hydrogen) atoms. The van der Waals surface area contributed by atoms with Crippen LogP contribution in [0.25, 0.3) is 6.08 Å². The summed E-state index contributed by atoms with van der Waals surface area (Å²) in [5.74, 6) is 2.77. The van der Waals surface area contributed by atoms with Gasteiger partial charge in [-0.05, 0) is 29.7 Å². The van der Waals surface area contributed by atoms with Crippen molar-refractivity contribution in [2.45, 2.75) is 19.3 Å². The fourth-order valence-corrected chi connectivity index (χ4v) is 3.27. The van der Waals surface area contributed by atoms with Gasteiger partial charge in [-0.25, -0.2) is 0 Å². The number of hydrogen-bond acceptors (Lipinski definition) is 2. The third-order valence-electron chi connectivity index (χ3n) is 4.20. The number of ether oxygens (including phenoxy) is 2. The summed E-state index contributed by atoms with van der Waals surface area (Å²) in [4.78, 5) is 0. The summed E-state index contributed by atoms with van der Waals surface area (Å²) >= 11 is 15.2. The molecule has 2 heterocycles. The van der Waals surface area contributed by atoms with E-state index in [-0.39, 0.29) is 0 Å². The quantitative estimate of drug-likeness (QED) is 0.311. The van der Waals surface area contributed by atoms with Crippen molar-refractivity contribution in [2.75, 3.05) is 19.1 Å². The Morgan fingerprint density at radius 2 is 1.50 bits per heavy atom. The maximum absolute atomic E-state index is 5.70. The fourth-order valence-electron chi connectivity index (χ4n) is 3.07. The normalized spacial score (nSPS) is 12.5. The third-order valence-corrected chi connectivity index (χ3v) is 4.39. The first-order chi connectivity index (χ1) is 13.7. The molecule has 0 fully saturated rings. The molecule has 0 bridgehead atoms. The maximum atomic E-state index is 5.70. The van der Waals surface area contributed by atoms with Crippen molar-refractivity contribution in [3.8, 4) is 11.5 Å². The zero-order chi connectivity index (χ0) is 20.8. The van der Waals surface area contributed by atoms with E-state index in [0.29, 0.717) is 19.1 Å². The van der Waals surface area contributed by atoms with Crippen molar-refractivity contribution in [1.29, 1.82) is 0 Å². The zero-order valence-corrected chi connectivity index (χ0v) is 26.6. The number of halogens is 6. The molecule has 156 valence electrons. The minimum absolute atomic E-state index is 0.530. The average Bonchev–Trinajstić information content (AvgIpc) is 3.40. The molecule has 0 amide bonds. The molecular formula is C20H21ClI5O2-. The van der Waals surface area contributed by atoms with E-state index in [4.69, 9.17) is 21.1 Å². The van der Waals surface area contributed by atoms with E-state index >= 15 is 0 Å². The number of hydrogen-bond donors (Lipinski definition) is 0. The first kappa shape index (κ1) is 27.8. The van der Waals surface area contributed by atoms with Gasteiger partial charge in [0.1, 0.15) is 11.5 Å². The van der Waals surface area contributed by atoms with Crippen LogP contribution in [0.2, 0.25) is 0 Å². The van der Waals surface area contributed by atoms with Crippen LogP contribution in [-0.4, -0.2) is 19.1 Å². The molecule has 2 aromatic carbocycles. The van der Waals surface area contributed by atoms with Gasteiger partial charge in [0.2, 0.25) is 0 Å². The van der Waals surface area contributed by atoms with Gasteiger partial charge < -0.3 is 9.47 Å². The third kappa shape index (κ3) is 9.07. The van der Waals surface area contributed by atoms with Gasteiger partial charge in [-0.2, -0.15) is 0 Å². The molecule has 0 atom stereocenters. The summed E-state index contributed by atoms with van der Waals surface area (Å²) in [5.41, 5.74) is 5.22. The number of benzene rings is 2. The number of aryl methyl sites for hydroxylation is 1. The number of rotatable bonds is 3. The first-order valence-electron chi connectivity index (χ1n) is 8.43. The van der Waals surface area contributed by atoms with Gasteiger partial charge in [0.15, 0.2) is 0 Å². The van der Waals surface area contributed by atoms with Crippen LogP contribution < -0.4 is 22.7 Å². The summed E-state index contributed by atoms with van der Waals surface area (Å²) in [5, 5.41) is 0. The molecule has 2 nitrogen and oxygen atoms in total. The van der Waals surface area contributed by atoms with Gasteiger partial charge in [0, 0.05) is 67.1 Å². The Hall–Kier alpha value is 1.72. The van der Waals surface area contributed by atoms with Crippen LogP contribution in [0.1, 0.15) is 22.3 Å². The van der Waals surface area contributed by atoms with E-state index in [9.17, 15) is 0 Å². The summed E-state index contributed by atoms with van der Waals surface area (Å²) in [6.45, 7) is 5.40. The first-order valence-corrected chi connectivity index (χ1v) is 27.8. The molecule has 0 spiro atoms. The monoisotopic (exact) mass is 963 g/mol. The molecule has 4 rings (SSSR count). The SMILES string of the molecule is C=Cc1cccc2c1CCO2.ClCCc1cccc2c1CCO2.II.I[I-]I. The topological polar surface area (TPSA) is 18.5 Å². The van der Waals surface area contributed by atoms with Crippen molar-refractivity contribution in [3.63, 3.8) is 0 Å². The van der Waals surface area contributed by atoms with Crippen molar-refractivity contribution in [3.05, 3.63) is 65.2 Å². The van der Waals surface area contributed by atoms with Crippen LogP contribution in [0, 0.1) is 0 Å². The Labute approximate surface area is 226 Å². The Bertz CT molecular complexity index is 728. The molecule has 2 aliphatic heterocycles. The molecule has 0 unspecified atom stereocenters. The van der Waals surface area contributed by atoms with Crippen LogP contribution in [0.3, 0.4) is 0 Å². The molecule has 8 heteroatoms. The van der Waals surface area contributed by atoms with Gasteiger partial charge in [-0.15, -0.1) is 11.6 Å². The van der Waals surface area contributed by atoms with E-state index in [0.717, 1.165) is 44.0 Å². The molecule has 0 aliphatic carbocycles. The van der Waals surface area contributed by atoms with Crippen LogP contribution in [0.4, 0.5) is 0 Å². The zero-order valence-electron chi connectivity index (χ0n) is 15.1. The van der Waals surface area contributed by atoms with Crippen molar-refractivity contribution < 1.29 is 22.7 Å². The van der Waals surface area contributed by atoms with E-state index in [2.05, 4.69) is 93.2 Å². The predicted octanol–water partition coefficient (Wildman–Crippen LogP) is 5.21. The second-order valence-electron chi connectivity index (χ2n) is 5.61. The summed E-state index contributed by atoms with van der Waals surface area (Å²) in [6, 6.07) is 12.3. The van der Waals surface area contributed by atoms with Gasteiger partial charge in [-0.1, -0.05) is 36.9 Å². The molecule has 0 N–H and O–H groups in total. The number of fused-ring (bicyclic) bond motifs is 2. The Morgan fingerprint density at radius 3 is 2.07 bits per heavy atom. The van der Waals surface area contributed by atoms with Crippen molar-refractivity contribution >= 4 is 92.1 Å². The van der Waals surface area contributed by atoms with Crippen LogP contribution in [-0.2, 0) is 19.3 Å². The Kier molecular flexibility index (Phi) is 17.1. The van der Waals surface area contributed by atoms with Gasteiger partial charge in [-0.3, -0.25) is 0 Å². The van der Waals surface area contributed by atoms with Crippen molar-refractivity contribution in [1.82, 2.24) is 0 Å². The molecule has 0 aromatic heterocycles. The van der Waals surface area contributed by atoms with E-state index in [1.165, 1.54) is 22.3 Å². The Balaban J connectivity index is 0.000000229. The van der Waals surface area contributed by atoms with Gasteiger partial charge >= 0.3 is 50.5 Å².